The SMILES string of the molecule is CC(C)(C)OC(=O)N1CCc2ccc(Cl)c(SCc3ccc(CBr)cc3)c2CC1.CC(C)(C)OC(=O)N1CCc2ccc(Cl)c(SCc3ccc(CO)cc3)c2CC1.CC(C)(C)OC(=O)N1CCc2ccc(Cl)c(SCc3ccc(COS(C)(=O)=O)cc3)c2CC1.CC(C)(C)OC(=O)N1CCc2ccc(Cl)c(SCc3ccc(CS(C)(=O)=O)cc3)c2CC1. The highest BCUT2D eigenvalue weighted by Gasteiger charge is 2.32. The summed E-state index contributed by atoms with van der Waals surface area (Å²) in [5.74, 6) is 3.17. The first-order valence-corrected chi connectivity index (χ1v) is 51.4. The second kappa shape index (κ2) is 45.6. The molecule has 0 spiro atoms. The number of hydrogen-bond donors (Lipinski definition) is 1. The van der Waals surface area contributed by atoms with Gasteiger partial charge in [0.25, 0.3) is 10.1 Å². The van der Waals surface area contributed by atoms with E-state index in [4.69, 9.17) is 69.5 Å². The van der Waals surface area contributed by atoms with Gasteiger partial charge in [-0.15, -0.1) is 47.0 Å². The lowest BCUT2D eigenvalue weighted by molar-refractivity contribution is 0.0247. The van der Waals surface area contributed by atoms with E-state index >= 15 is 0 Å². The van der Waals surface area contributed by atoms with Gasteiger partial charge in [0.2, 0.25) is 0 Å². The van der Waals surface area contributed by atoms with Gasteiger partial charge in [0.05, 0.1) is 45.3 Å². The monoisotopic (exact) mass is 1930 g/mol. The van der Waals surface area contributed by atoms with Crippen molar-refractivity contribution in [1.29, 1.82) is 0 Å². The Morgan fingerprint density at radius 1 is 0.350 bits per heavy atom. The van der Waals surface area contributed by atoms with Crippen LogP contribution in [-0.2, 0) is 142 Å². The van der Waals surface area contributed by atoms with Crippen molar-refractivity contribution in [3.05, 3.63) is 255 Å². The summed E-state index contributed by atoms with van der Waals surface area (Å²) in [5, 5.41) is 13.0. The van der Waals surface area contributed by atoms with Crippen LogP contribution in [0.15, 0.2) is 165 Å². The van der Waals surface area contributed by atoms with Gasteiger partial charge in [-0.2, -0.15) is 8.42 Å². The van der Waals surface area contributed by atoms with Crippen molar-refractivity contribution in [3.8, 4) is 0 Å². The van der Waals surface area contributed by atoms with Crippen molar-refractivity contribution >= 4 is 154 Å². The third-order valence-corrected chi connectivity index (χ3v) is 28.5. The number of amides is 4. The number of alkyl halides is 1. The Morgan fingerprint density at radius 2 is 0.577 bits per heavy atom. The summed E-state index contributed by atoms with van der Waals surface area (Å²) >= 11 is 36.6. The number of halogens is 5. The van der Waals surface area contributed by atoms with Crippen molar-refractivity contribution in [1.82, 2.24) is 19.6 Å². The molecule has 1 N–H and O–H groups in total. The van der Waals surface area contributed by atoms with Crippen LogP contribution in [0.25, 0.3) is 0 Å². The summed E-state index contributed by atoms with van der Waals surface area (Å²) in [7, 11) is -6.51. The molecule has 0 radical (unpaired) electrons. The number of fused-ring (bicyclic) bond motifs is 4. The second-order valence-electron chi connectivity index (χ2n) is 34.7. The molecule has 0 saturated heterocycles. The summed E-state index contributed by atoms with van der Waals surface area (Å²) in [4.78, 5) is 61.5. The Labute approximate surface area is 774 Å². The smallest absolute Gasteiger partial charge is 0.410 e. The number of aliphatic hydroxyl groups is 1. The standard InChI is InChI=1S/C24H30ClNO5S2.C24H30ClNO4S2.C23H27BrClNO2S.C23H28ClNO3S/c1-24(2,3)31-23(27)26-13-11-19-9-10-21(25)22(20(19)12-14-26)32-16-18-7-5-17(6-8-18)15-30-33(4,28)29;1-24(2,3)30-23(27)26-13-11-19-9-10-21(25)22(20(19)12-14-26)31-15-17-5-7-18(8-6-17)16-32(4,28)29;1-23(2,3)28-22(27)26-12-10-18-8-9-20(25)21(19(18)11-13-26)29-15-17-6-4-16(14-24)5-7-17;1-23(2,3)28-22(27)25-12-10-18-8-9-20(24)21(19(18)11-13-25)29-15-17-6-4-16(14-26)5-7-17/h5-10H,11-16H2,1-4H3;5-10H,11-16H2,1-4H3;4-9H,10-15H2,1-3H3;4-9,26H,10-15H2,1-3H3. The predicted molar refractivity (Wildman–Crippen MR) is 507 cm³/mol. The average molecular weight is 1940 g/mol. The Hall–Kier alpha value is -6.30. The van der Waals surface area contributed by atoms with Crippen LogP contribution in [0, 0.1) is 0 Å². The molecule has 4 aliphatic rings. The van der Waals surface area contributed by atoms with Gasteiger partial charge in [0.1, 0.15) is 22.4 Å². The fourth-order valence-corrected chi connectivity index (χ4v) is 21.1. The summed E-state index contributed by atoms with van der Waals surface area (Å²) in [6, 6.07) is 48.0. The van der Waals surface area contributed by atoms with E-state index in [2.05, 4.69) is 64.5 Å². The Morgan fingerprint density at radius 3 is 0.805 bits per heavy atom. The maximum absolute atomic E-state index is 12.5. The lowest BCUT2D eigenvalue weighted by Gasteiger charge is -2.26. The lowest BCUT2D eigenvalue weighted by Crippen LogP contribution is -2.38. The molecule has 0 saturated carbocycles. The molecule has 4 aliphatic heterocycles. The molecule has 4 heterocycles. The van der Waals surface area contributed by atoms with Gasteiger partial charge in [0.15, 0.2) is 9.84 Å². The number of sulfone groups is 1. The normalized spacial score (nSPS) is 14.4. The van der Waals surface area contributed by atoms with E-state index in [1.54, 1.807) is 61.7 Å². The van der Waals surface area contributed by atoms with Gasteiger partial charge in [0, 0.05) is 107 Å². The zero-order valence-electron chi connectivity index (χ0n) is 72.7. The fraction of sp³-hybridized carbons (Fsp3) is 0.447. The number of benzene rings is 8. The largest absolute Gasteiger partial charge is 0.444 e. The van der Waals surface area contributed by atoms with Gasteiger partial charge in [-0.3, -0.25) is 4.18 Å². The Bertz CT molecular complexity index is 5040. The number of ether oxygens (including phenoxy) is 4. The summed E-state index contributed by atoms with van der Waals surface area (Å²) in [6.07, 6.45) is 7.37. The molecular weight excluding hydrogens is 1820 g/mol. The zero-order valence-corrected chi connectivity index (χ0v) is 82.2. The van der Waals surface area contributed by atoms with Crippen molar-refractivity contribution < 1.29 is 64.3 Å². The van der Waals surface area contributed by atoms with Crippen molar-refractivity contribution in [2.75, 3.05) is 64.9 Å². The highest BCUT2D eigenvalue weighted by Crippen LogP contribution is 2.42. The molecule has 0 fully saturated rings. The molecule has 12 rings (SSSR count). The van der Waals surface area contributed by atoms with Crippen molar-refractivity contribution in [2.24, 2.45) is 0 Å². The van der Waals surface area contributed by atoms with Crippen molar-refractivity contribution in [2.45, 2.75) is 224 Å². The number of aliphatic hydroxyl groups excluding tert-OH is 1. The number of carbonyl (C=O) groups is 4. The second-order valence-corrected chi connectivity index (χ2v) is 44.6. The summed E-state index contributed by atoms with van der Waals surface area (Å²) in [6.45, 7) is 27.7. The highest BCUT2D eigenvalue weighted by atomic mass is 79.9. The number of thioether (sulfide) groups is 4. The topological polar surface area (TPSA) is 216 Å². The molecule has 123 heavy (non-hydrogen) atoms. The quantitative estimate of drug-likeness (QED) is 0.0345. The van der Waals surface area contributed by atoms with Crippen molar-refractivity contribution in [3.63, 3.8) is 0 Å². The highest BCUT2D eigenvalue weighted by molar-refractivity contribution is 9.08. The predicted octanol–water partition coefficient (Wildman–Crippen LogP) is 23.3. The van der Waals surface area contributed by atoms with E-state index in [1.165, 1.54) is 67.5 Å². The van der Waals surface area contributed by atoms with Gasteiger partial charge >= 0.3 is 24.4 Å². The molecule has 8 aromatic rings. The van der Waals surface area contributed by atoms with E-state index in [-0.39, 0.29) is 43.3 Å². The first kappa shape index (κ1) is 100. The van der Waals surface area contributed by atoms with Crippen LogP contribution in [-0.4, -0.2) is 153 Å². The molecule has 8 aromatic carbocycles. The van der Waals surface area contributed by atoms with E-state index in [9.17, 15) is 41.1 Å². The minimum absolute atomic E-state index is 0.0262. The minimum Gasteiger partial charge on any atom is -0.444 e. The van der Waals surface area contributed by atoms with Gasteiger partial charge < -0.3 is 43.7 Å². The lowest BCUT2D eigenvalue weighted by atomic mass is 10.0. The van der Waals surface area contributed by atoms with E-state index in [1.807, 2.05) is 185 Å². The van der Waals surface area contributed by atoms with E-state index < -0.39 is 42.4 Å². The van der Waals surface area contributed by atoms with Crippen LogP contribution in [0.5, 0.6) is 0 Å². The zero-order chi connectivity index (χ0) is 89.8. The van der Waals surface area contributed by atoms with E-state index in [0.717, 1.165) is 143 Å². The maximum Gasteiger partial charge on any atom is 0.410 e. The third-order valence-electron chi connectivity index (χ3n) is 19.8. The molecule has 0 aliphatic carbocycles. The summed E-state index contributed by atoms with van der Waals surface area (Å²) in [5.41, 5.74) is 16.3. The molecule has 29 heteroatoms. The number of carbonyl (C=O) groups excluding carboxylic acids is 4. The molecule has 4 amide bonds. The molecule has 0 atom stereocenters. The molecular formula is C94H115BrCl4N4O14S6. The fourth-order valence-electron chi connectivity index (χ4n) is 13.7. The number of hydrogen-bond acceptors (Lipinski definition) is 18. The Kier molecular flexibility index (Phi) is 37.2. The number of rotatable bonds is 19. The molecule has 666 valence electrons. The van der Waals surface area contributed by atoms with E-state index in [0.29, 0.717) is 62.4 Å². The molecule has 0 unspecified atom stereocenters. The average Bonchev–Trinajstić information content (AvgIpc) is 1.79. The van der Waals surface area contributed by atoms with Crippen LogP contribution in [0.1, 0.15) is 172 Å². The number of nitrogens with zero attached hydrogens (tertiary/aromatic N) is 4. The molecule has 0 aromatic heterocycles. The van der Waals surface area contributed by atoms with Gasteiger partial charge in [-0.25, -0.2) is 27.6 Å². The third kappa shape index (κ3) is 33.1. The summed E-state index contributed by atoms with van der Waals surface area (Å²) < 4.78 is 72.3. The molecule has 0 bridgehead atoms. The van der Waals surface area contributed by atoms with Crippen LogP contribution in [0.2, 0.25) is 20.1 Å². The van der Waals surface area contributed by atoms with Gasteiger partial charge in [-0.1, -0.05) is 184 Å². The minimum atomic E-state index is -3.46. The van der Waals surface area contributed by atoms with Crippen LogP contribution in [0.4, 0.5) is 19.2 Å². The first-order valence-electron chi connectivity index (χ1n) is 41.0. The van der Waals surface area contributed by atoms with Crippen LogP contribution in [0.3, 0.4) is 0 Å². The van der Waals surface area contributed by atoms with Gasteiger partial charge in [-0.05, 0) is 248 Å². The Balaban J connectivity index is 0.000000186. The molecule has 18 nitrogen and oxygen atoms in total. The maximum atomic E-state index is 12.5. The van der Waals surface area contributed by atoms with Crippen LogP contribution >= 0.6 is 109 Å². The van der Waals surface area contributed by atoms with Crippen LogP contribution < -0.4 is 0 Å². The first-order chi connectivity index (χ1) is 57.8.